The van der Waals surface area contributed by atoms with Crippen molar-refractivity contribution in [2.75, 3.05) is 0 Å². The Morgan fingerprint density at radius 1 is 0.938 bits per heavy atom. The van der Waals surface area contributed by atoms with Crippen LogP contribution in [0.4, 0.5) is 0 Å². The van der Waals surface area contributed by atoms with E-state index in [0.717, 1.165) is 56.1 Å². The number of nitrogens with zero attached hydrogens (tertiary/aromatic N) is 1. The number of carbonyl (C=O) groups excluding carboxylic acids is 1. The number of hydrogen-bond acceptors (Lipinski definition) is 3. The topological polar surface area (TPSA) is 50.1 Å². The van der Waals surface area contributed by atoms with E-state index in [2.05, 4.69) is 37.3 Å². The van der Waals surface area contributed by atoms with Crippen LogP contribution >= 0.6 is 0 Å². The average molecular weight is 432 g/mol. The van der Waals surface area contributed by atoms with Gasteiger partial charge in [-0.25, -0.2) is 0 Å². The molecule has 0 aromatic heterocycles. The van der Waals surface area contributed by atoms with Crippen molar-refractivity contribution in [2.45, 2.75) is 96.3 Å². The van der Waals surface area contributed by atoms with Crippen molar-refractivity contribution in [1.29, 1.82) is 5.26 Å². The molecular formula is C29H37NO2. The van der Waals surface area contributed by atoms with Crippen LogP contribution < -0.4 is 4.74 Å². The molecule has 170 valence electrons. The van der Waals surface area contributed by atoms with Gasteiger partial charge in [-0.3, -0.25) is 4.79 Å². The maximum Gasteiger partial charge on any atom is 0.321 e. The van der Waals surface area contributed by atoms with Crippen LogP contribution in [0.1, 0.15) is 100 Å². The fourth-order valence-corrected chi connectivity index (χ4v) is 4.86. The third kappa shape index (κ3) is 5.80. The molecular weight excluding hydrogens is 394 g/mol. The molecule has 2 aromatic rings. The lowest BCUT2D eigenvalue weighted by molar-refractivity contribution is -0.142. The highest BCUT2D eigenvalue weighted by Crippen LogP contribution is 2.41. The van der Waals surface area contributed by atoms with E-state index in [1.807, 2.05) is 19.1 Å². The minimum absolute atomic E-state index is 0.217. The minimum atomic E-state index is -0.617. The number of unbranched alkanes of at least 4 members (excludes halogenated alkanes) is 4. The van der Waals surface area contributed by atoms with Gasteiger partial charge in [-0.2, -0.15) is 5.26 Å². The summed E-state index contributed by atoms with van der Waals surface area (Å²) in [4.78, 5) is 13.5. The van der Waals surface area contributed by atoms with E-state index in [1.54, 1.807) is 6.07 Å². The monoisotopic (exact) mass is 431 g/mol. The van der Waals surface area contributed by atoms with Crippen LogP contribution in [0.2, 0.25) is 0 Å². The highest BCUT2D eigenvalue weighted by molar-refractivity contribution is 5.85. The Morgan fingerprint density at radius 2 is 1.62 bits per heavy atom. The summed E-state index contributed by atoms with van der Waals surface area (Å²) >= 11 is 0. The van der Waals surface area contributed by atoms with Crippen LogP contribution in [0.3, 0.4) is 0 Å². The second-order valence-corrected chi connectivity index (χ2v) is 9.19. The van der Waals surface area contributed by atoms with Crippen molar-refractivity contribution < 1.29 is 9.53 Å². The Bertz CT molecular complexity index is 917. The van der Waals surface area contributed by atoms with Crippen molar-refractivity contribution in [2.24, 2.45) is 0 Å². The molecule has 0 spiro atoms. The van der Waals surface area contributed by atoms with Gasteiger partial charge in [-0.15, -0.1) is 0 Å². The third-order valence-corrected chi connectivity index (χ3v) is 6.95. The first kappa shape index (κ1) is 24.1. The quantitative estimate of drug-likeness (QED) is 0.223. The predicted molar refractivity (Wildman–Crippen MR) is 130 cm³/mol. The van der Waals surface area contributed by atoms with Gasteiger partial charge in [-0.1, -0.05) is 89.1 Å². The summed E-state index contributed by atoms with van der Waals surface area (Å²) in [5.74, 6) is 0.161. The van der Waals surface area contributed by atoms with Crippen LogP contribution in [0.25, 0.3) is 0 Å². The van der Waals surface area contributed by atoms with Gasteiger partial charge in [-0.05, 0) is 60.9 Å². The number of nitriles is 1. The summed E-state index contributed by atoms with van der Waals surface area (Å²) in [6, 6.07) is 16.4. The first-order chi connectivity index (χ1) is 15.6. The summed E-state index contributed by atoms with van der Waals surface area (Å²) in [6.45, 7) is 4.29. The molecule has 2 aromatic carbocycles. The van der Waals surface area contributed by atoms with E-state index < -0.39 is 5.41 Å². The van der Waals surface area contributed by atoms with E-state index in [0.29, 0.717) is 11.3 Å². The van der Waals surface area contributed by atoms with Crippen LogP contribution in [-0.2, 0) is 23.1 Å². The molecule has 0 radical (unpaired) electrons. The van der Waals surface area contributed by atoms with Crippen LogP contribution in [0.5, 0.6) is 5.75 Å². The van der Waals surface area contributed by atoms with E-state index in [4.69, 9.17) is 4.74 Å². The smallest absolute Gasteiger partial charge is 0.321 e. The summed E-state index contributed by atoms with van der Waals surface area (Å²) in [7, 11) is 0. The molecule has 0 atom stereocenters. The van der Waals surface area contributed by atoms with Crippen molar-refractivity contribution in [1.82, 2.24) is 0 Å². The molecule has 1 aliphatic carbocycles. The van der Waals surface area contributed by atoms with E-state index in [9.17, 15) is 10.1 Å². The first-order valence-electron chi connectivity index (χ1n) is 12.5. The second kappa shape index (κ2) is 11.9. The maximum absolute atomic E-state index is 13.5. The Labute approximate surface area is 193 Å². The average Bonchev–Trinajstić information content (AvgIpc) is 2.85. The van der Waals surface area contributed by atoms with Gasteiger partial charge < -0.3 is 4.74 Å². The van der Waals surface area contributed by atoms with Gasteiger partial charge >= 0.3 is 5.97 Å². The predicted octanol–water partition coefficient (Wildman–Crippen LogP) is 7.44. The largest absolute Gasteiger partial charge is 0.424 e. The zero-order chi connectivity index (χ0) is 22.8. The Kier molecular flexibility index (Phi) is 8.91. The molecule has 3 rings (SSSR count). The first-order valence-corrected chi connectivity index (χ1v) is 12.5. The van der Waals surface area contributed by atoms with Crippen molar-refractivity contribution in [3.63, 3.8) is 0 Å². The Morgan fingerprint density at radius 3 is 2.28 bits per heavy atom. The summed E-state index contributed by atoms with van der Waals surface area (Å²) in [5.41, 5.74) is 3.28. The van der Waals surface area contributed by atoms with E-state index >= 15 is 0 Å². The number of hydrogen-bond donors (Lipinski definition) is 0. The molecule has 0 amide bonds. The SMILES string of the molecule is CCCCCCCc1ccc(C2(C(=O)Oc3ccc(CC)cc3C#N)CCCCC2)cc1. The van der Waals surface area contributed by atoms with Crippen molar-refractivity contribution in [3.05, 3.63) is 64.7 Å². The molecule has 0 N–H and O–H groups in total. The van der Waals surface area contributed by atoms with Crippen molar-refractivity contribution >= 4 is 5.97 Å². The highest BCUT2D eigenvalue weighted by atomic mass is 16.5. The Hall–Kier alpha value is -2.60. The molecule has 0 heterocycles. The molecule has 3 nitrogen and oxygen atoms in total. The van der Waals surface area contributed by atoms with Gasteiger partial charge in [0.1, 0.15) is 11.8 Å². The van der Waals surface area contributed by atoms with Crippen molar-refractivity contribution in [3.8, 4) is 11.8 Å². The van der Waals surface area contributed by atoms with Gasteiger partial charge in [0.25, 0.3) is 0 Å². The van der Waals surface area contributed by atoms with Gasteiger partial charge in [0.2, 0.25) is 0 Å². The third-order valence-electron chi connectivity index (χ3n) is 6.95. The number of esters is 1. The number of aryl methyl sites for hydroxylation is 2. The number of carbonyl (C=O) groups is 1. The number of ether oxygens (including phenoxy) is 1. The van der Waals surface area contributed by atoms with Crippen LogP contribution in [-0.4, -0.2) is 5.97 Å². The van der Waals surface area contributed by atoms with Crippen LogP contribution in [0.15, 0.2) is 42.5 Å². The number of rotatable bonds is 10. The normalized spacial score (nSPS) is 15.2. The molecule has 0 aliphatic heterocycles. The maximum atomic E-state index is 13.5. The zero-order valence-electron chi connectivity index (χ0n) is 19.8. The minimum Gasteiger partial charge on any atom is -0.424 e. The molecule has 0 unspecified atom stereocenters. The lowest BCUT2D eigenvalue weighted by Gasteiger charge is -2.35. The fraction of sp³-hybridized carbons (Fsp3) is 0.517. The molecule has 0 saturated heterocycles. The van der Waals surface area contributed by atoms with E-state index in [-0.39, 0.29) is 5.97 Å². The van der Waals surface area contributed by atoms with Gasteiger partial charge in [0.05, 0.1) is 11.0 Å². The molecule has 1 aliphatic rings. The Balaban J connectivity index is 1.76. The number of benzene rings is 2. The zero-order valence-corrected chi connectivity index (χ0v) is 19.8. The highest BCUT2D eigenvalue weighted by Gasteiger charge is 2.43. The molecule has 1 saturated carbocycles. The lowest BCUT2D eigenvalue weighted by Crippen LogP contribution is -2.41. The lowest BCUT2D eigenvalue weighted by atomic mass is 9.69. The molecule has 0 bridgehead atoms. The fourth-order valence-electron chi connectivity index (χ4n) is 4.86. The van der Waals surface area contributed by atoms with Crippen LogP contribution in [0, 0.1) is 11.3 Å². The standard InChI is InChI=1S/C29H37NO2/c1-3-5-6-7-9-12-24-13-16-26(17-14-24)29(19-10-8-11-20-29)28(31)32-27-18-15-23(4-2)21-25(27)22-30/h13-18,21H,3-12,19-20H2,1-2H3. The molecule has 32 heavy (non-hydrogen) atoms. The summed E-state index contributed by atoms with van der Waals surface area (Å²) in [5, 5.41) is 9.55. The van der Waals surface area contributed by atoms with Gasteiger partial charge in [0.15, 0.2) is 0 Å². The summed E-state index contributed by atoms with van der Waals surface area (Å²) < 4.78 is 5.90. The van der Waals surface area contributed by atoms with Gasteiger partial charge in [0, 0.05) is 0 Å². The molecule has 3 heteroatoms. The molecule has 1 fully saturated rings. The second-order valence-electron chi connectivity index (χ2n) is 9.19. The van der Waals surface area contributed by atoms with E-state index in [1.165, 1.54) is 37.7 Å². The summed E-state index contributed by atoms with van der Waals surface area (Å²) in [6.07, 6.45) is 13.1.